The fraction of sp³-hybridized carbons (Fsp3) is 0.800. The fourth-order valence-corrected chi connectivity index (χ4v) is 1.69. The third-order valence-corrected chi connectivity index (χ3v) is 2.80. The van der Waals surface area contributed by atoms with E-state index in [1.807, 2.05) is 6.92 Å². The summed E-state index contributed by atoms with van der Waals surface area (Å²) in [7, 11) is 0. The number of hydrogen-bond donors (Lipinski definition) is 1. The lowest BCUT2D eigenvalue weighted by molar-refractivity contribution is 0.0830. The Morgan fingerprint density at radius 2 is 2.20 bits per heavy atom. The average Bonchev–Trinajstić information content (AvgIpc) is 2.78. The highest BCUT2D eigenvalue weighted by Gasteiger charge is 2.22. The second-order valence-corrected chi connectivity index (χ2v) is 3.89. The fourth-order valence-electron chi connectivity index (χ4n) is 1.69. The molecule has 0 spiro atoms. The first-order valence-electron chi connectivity index (χ1n) is 5.48. The van der Waals surface area contributed by atoms with Crippen LogP contribution in [0.15, 0.2) is 4.52 Å². The molecule has 1 aliphatic rings. The van der Waals surface area contributed by atoms with Crippen molar-refractivity contribution in [3.05, 3.63) is 11.7 Å². The SMILES string of the molecule is CC[C@H](N)c1nc(C2CCOCC2)no1. The molecule has 15 heavy (non-hydrogen) atoms. The number of aromatic nitrogens is 2. The van der Waals surface area contributed by atoms with Crippen molar-refractivity contribution in [1.29, 1.82) is 0 Å². The first kappa shape index (κ1) is 10.6. The van der Waals surface area contributed by atoms with E-state index in [1.165, 1.54) is 0 Å². The topological polar surface area (TPSA) is 74.2 Å². The summed E-state index contributed by atoms with van der Waals surface area (Å²) >= 11 is 0. The molecule has 1 saturated heterocycles. The molecule has 1 aromatic rings. The molecule has 0 saturated carbocycles. The molecule has 2 heterocycles. The van der Waals surface area contributed by atoms with Gasteiger partial charge in [-0.05, 0) is 19.3 Å². The van der Waals surface area contributed by atoms with Gasteiger partial charge in [0, 0.05) is 19.1 Å². The van der Waals surface area contributed by atoms with Crippen molar-refractivity contribution in [2.24, 2.45) is 5.73 Å². The Kier molecular flexibility index (Phi) is 3.33. The van der Waals surface area contributed by atoms with Crippen molar-refractivity contribution in [2.45, 2.75) is 38.1 Å². The van der Waals surface area contributed by atoms with Crippen LogP contribution in [0.3, 0.4) is 0 Å². The van der Waals surface area contributed by atoms with Crippen molar-refractivity contribution in [1.82, 2.24) is 10.1 Å². The molecule has 0 radical (unpaired) electrons. The number of nitrogens with zero attached hydrogens (tertiary/aromatic N) is 2. The maximum Gasteiger partial charge on any atom is 0.243 e. The largest absolute Gasteiger partial charge is 0.381 e. The number of rotatable bonds is 3. The van der Waals surface area contributed by atoms with Crippen LogP contribution in [-0.2, 0) is 4.74 Å². The van der Waals surface area contributed by atoms with Gasteiger partial charge in [-0.3, -0.25) is 0 Å². The first-order chi connectivity index (χ1) is 7.31. The van der Waals surface area contributed by atoms with Crippen LogP contribution in [0.25, 0.3) is 0 Å². The molecule has 0 aromatic carbocycles. The highest BCUT2D eigenvalue weighted by molar-refractivity contribution is 4.98. The minimum Gasteiger partial charge on any atom is -0.381 e. The van der Waals surface area contributed by atoms with Crippen LogP contribution in [0, 0.1) is 0 Å². The number of nitrogens with two attached hydrogens (primary N) is 1. The Balaban J connectivity index is 2.05. The average molecular weight is 211 g/mol. The van der Waals surface area contributed by atoms with Crippen LogP contribution in [0.2, 0.25) is 0 Å². The molecule has 2 N–H and O–H groups in total. The summed E-state index contributed by atoms with van der Waals surface area (Å²) in [4.78, 5) is 4.35. The molecule has 0 bridgehead atoms. The van der Waals surface area contributed by atoms with Crippen LogP contribution in [0.5, 0.6) is 0 Å². The summed E-state index contributed by atoms with van der Waals surface area (Å²) in [5.74, 6) is 1.72. The van der Waals surface area contributed by atoms with Crippen LogP contribution < -0.4 is 5.73 Å². The Morgan fingerprint density at radius 1 is 1.47 bits per heavy atom. The molecular weight excluding hydrogens is 194 g/mol. The molecule has 84 valence electrons. The van der Waals surface area contributed by atoms with Gasteiger partial charge in [-0.15, -0.1) is 0 Å². The first-order valence-corrected chi connectivity index (χ1v) is 5.48. The molecule has 1 atom stereocenters. The maximum atomic E-state index is 5.82. The van der Waals surface area contributed by atoms with E-state index in [1.54, 1.807) is 0 Å². The molecule has 1 aliphatic heterocycles. The molecule has 0 amide bonds. The van der Waals surface area contributed by atoms with Gasteiger partial charge in [0.1, 0.15) is 0 Å². The Hall–Kier alpha value is -0.940. The van der Waals surface area contributed by atoms with Gasteiger partial charge in [0.05, 0.1) is 6.04 Å². The number of ether oxygens (including phenoxy) is 1. The van der Waals surface area contributed by atoms with E-state index in [9.17, 15) is 0 Å². The van der Waals surface area contributed by atoms with Crippen LogP contribution in [0.1, 0.15) is 49.9 Å². The Labute approximate surface area is 89.0 Å². The van der Waals surface area contributed by atoms with E-state index in [0.29, 0.717) is 11.8 Å². The zero-order chi connectivity index (χ0) is 10.7. The summed E-state index contributed by atoms with van der Waals surface area (Å²) in [5.41, 5.74) is 5.82. The predicted octanol–water partition coefficient (Wildman–Crippen LogP) is 1.37. The second-order valence-electron chi connectivity index (χ2n) is 3.89. The lowest BCUT2D eigenvalue weighted by Crippen LogP contribution is -2.15. The molecule has 1 fully saturated rings. The molecule has 0 unspecified atom stereocenters. The van der Waals surface area contributed by atoms with Crippen LogP contribution >= 0.6 is 0 Å². The summed E-state index contributed by atoms with van der Waals surface area (Å²) in [5, 5.41) is 3.99. The Morgan fingerprint density at radius 3 is 2.87 bits per heavy atom. The smallest absolute Gasteiger partial charge is 0.243 e. The maximum absolute atomic E-state index is 5.82. The third kappa shape index (κ3) is 2.35. The van der Waals surface area contributed by atoms with Gasteiger partial charge in [-0.1, -0.05) is 12.1 Å². The second kappa shape index (κ2) is 4.72. The van der Waals surface area contributed by atoms with Gasteiger partial charge >= 0.3 is 0 Å². The van der Waals surface area contributed by atoms with E-state index < -0.39 is 0 Å². The lowest BCUT2D eigenvalue weighted by atomic mass is 10.00. The van der Waals surface area contributed by atoms with Gasteiger partial charge in [-0.2, -0.15) is 4.98 Å². The van der Waals surface area contributed by atoms with Crippen LogP contribution in [-0.4, -0.2) is 23.4 Å². The minimum atomic E-state index is -0.133. The quantitative estimate of drug-likeness (QED) is 0.817. The van der Waals surface area contributed by atoms with Gasteiger partial charge in [0.25, 0.3) is 0 Å². The Bertz CT molecular complexity index is 307. The normalized spacial score (nSPS) is 20.4. The zero-order valence-electron chi connectivity index (χ0n) is 8.98. The van der Waals surface area contributed by atoms with Crippen molar-refractivity contribution < 1.29 is 9.26 Å². The monoisotopic (exact) mass is 211 g/mol. The van der Waals surface area contributed by atoms with E-state index in [0.717, 1.165) is 38.3 Å². The van der Waals surface area contributed by atoms with Crippen molar-refractivity contribution in [2.75, 3.05) is 13.2 Å². The van der Waals surface area contributed by atoms with Crippen LogP contribution in [0.4, 0.5) is 0 Å². The van der Waals surface area contributed by atoms with Gasteiger partial charge in [-0.25, -0.2) is 0 Å². The zero-order valence-corrected chi connectivity index (χ0v) is 8.98. The predicted molar refractivity (Wildman–Crippen MR) is 54.3 cm³/mol. The highest BCUT2D eigenvalue weighted by Crippen LogP contribution is 2.25. The minimum absolute atomic E-state index is 0.133. The summed E-state index contributed by atoms with van der Waals surface area (Å²) in [6, 6.07) is -0.133. The van der Waals surface area contributed by atoms with E-state index in [2.05, 4.69) is 10.1 Å². The van der Waals surface area contributed by atoms with E-state index in [4.69, 9.17) is 15.0 Å². The van der Waals surface area contributed by atoms with Gasteiger partial charge < -0.3 is 15.0 Å². The van der Waals surface area contributed by atoms with Crippen molar-refractivity contribution in [3.63, 3.8) is 0 Å². The molecule has 1 aromatic heterocycles. The lowest BCUT2D eigenvalue weighted by Gasteiger charge is -2.18. The van der Waals surface area contributed by atoms with Gasteiger partial charge in [0.15, 0.2) is 5.82 Å². The van der Waals surface area contributed by atoms with Crippen molar-refractivity contribution >= 4 is 0 Å². The number of hydrogen-bond acceptors (Lipinski definition) is 5. The van der Waals surface area contributed by atoms with E-state index >= 15 is 0 Å². The molecule has 2 rings (SSSR count). The van der Waals surface area contributed by atoms with Crippen molar-refractivity contribution in [3.8, 4) is 0 Å². The van der Waals surface area contributed by atoms with Gasteiger partial charge in [0.2, 0.25) is 5.89 Å². The summed E-state index contributed by atoms with van der Waals surface area (Å²) in [6.45, 7) is 3.58. The summed E-state index contributed by atoms with van der Waals surface area (Å²) in [6.07, 6.45) is 2.76. The molecule has 0 aliphatic carbocycles. The standard InChI is InChI=1S/C10H17N3O2/c1-2-8(11)10-12-9(13-15-10)7-3-5-14-6-4-7/h7-8H,2-6,11H2,1H3/t8-/m0/s1. The molecule has 5 nitrogen and oxygen atoms in total. The third-order valence-electron chi connectivity index (χ3n) is 2.80. The molecule has 5 heteroatoms. The van der Waals surface area contributed by atoms with E-state index in [-0.39, 0.29) is 6.04 Å². The summed E-state index contributed by atoms with van der Waals surface area (Å²) < 4.78 is 10.4. The highest BCUT2D eigenvalue weighted by atomic mass is 16.5. The molecular formula is C10H17N3O2.